The van der Waals surface area contributed by atoms with Crippen molar-refractivity contribution in [2.75, 3.05) is 37.4 Å². The van der Waals surface area contributed by atoms with Crippen molar-refractivity contribution in [1.29, 1.82) is 0 Å². The first-order valence-electron chi connectivity index (χ1n) is 8.40. The predicted octanol–water partition coefficient (Wildman–Crippen LogP) is 1.79. The van der Waals surface area contributed by atoms with Crippen LogP contribution in [-0.4, -0.2) is 47.4 Å². The summed E-state index contributed by atoms with van der Waals surface area (Å²) in [5, 5.41) is 2.65. The van der Waals surface area contributed by atoms with Gasteiger partial charge >= 0.3 is 0 Å². The standard InChI is InChI=1S/C19H24N2O5S/c1-25-13-12-20-19(22)15-26-18-10-8-17(9-11-18)21(27(2,23)24)14-16-6-4-3-5-7-16/h3-11H,12-15H2,1-2H3,(H,20,22). The summed E-state index contributed by atoms with van der Waals surface area (Å²) in [5.74, 6) is 0.228. The van der Waals surface area contributed by atoms with Gasteiger partial charge in [0, 0.05) is 13.7 Å². The highest BCUT2D eigenvalue weighted by molar-refractivity contribution is 7.92. The Morgan fingerprint density at radius 2 is 1.74 bits per heavy atom. The van der Waals surface area contributed by atoms with E-state index in [1.165, 1.54) is 10.6 Å². The fourth-order valence-corrected chi connectivity index (χ4v) is 3.24. The molecular formula is C19H24N2O5S. The third-order valence-electron chi connectivity index (χ3n) is 3.69. The number of anilines is 1. The van der Waals surface area contributed by atoms with Gasteiger partial charge in [-0.05, 0) is 29.8 Å². The Kier molecular flexibility index (Phi) is 7.63. The lowest BCUT2D eigenvalue weighted by Gasteiger charge is -2.22. The van der Waals surface area contributed by atoms with Crippen LogP contribution >= 0.6 is 0 Å². The molecule has 0 saturated heterocycles. The molecule has 27 heavy (non-hydrogen) atoms. The average molecular weight is 392 g/mol. The highest BCUT2D eigenvalue weighted by atomic mass is 32.2. The maximum Gasteiger partial charge on any atom is 0.258 e. The minimum absolute atomic E-state index is 0.122. The minimum atomic E-state index is -3.45. The van der Waals surface area contributed by atoms with E-state index in [9.17, 15) is 13.2 Å². The van der Waals surface area contributed by atoms with Crippen molar-refractivity contribution in [1.82, 2.24) is 5.32 Å². The molecular weight excluding hydrogens is 368 g/mol. The highest BCUT2D eigenvalue weighted by Crippen LogP contribution is 2.23. The first kappa shape index (κ1) is 20.7. The van der Waals surface area contributed by atoms with Gasteiger partial charge in [-0.3, -0.25) is 9.10 Å². The second-order valence-corrected chi connectivity index (χ2v) is 7.79. The molecule has 2 aromatic carbocycles. The largest absolute Gasteiger partial charge is 0.484 e. The number of hydrogen-bond acceptors (Lipinski definition) is 5. The van der Waals surface area contributed by atoms with E-state index in [0.717, 1.165) is 5.56 Å². The van der Waals surface area contributed by atoms with E-state index in [2.05, 4.69) is 5.32 Å². The van der Waals surface area contributed by atoms with Gasteiger partial charge in [0.15, 0.2) is 6.61 Å². The molecule has 146 valence electrons. The molecule has 0 saturated carbocycles. The van der Waals surface area contributed by atoms with Crippen LogP contribution < -0.4 is 14.4 Å². The van der Waals surface area contributed by atoms with E-state index < -0.39 is 10.0 Å². The summed E-state index contributed by atoms with van der Waals surface area (Å²) < 4.78 is 36.0. The number of methoxy groups -OCH3 is 1. The molecule has 0 unspecified atom stereocenters. The highest BCUT2D eigenvalue weighted by Gasteiger charge is 2.18. The molecule has 8 heteroatoms. The molecule has 7 nitrogen and oxygen atoms in total. The number of ether oxygens (including phenoxy) is 2. The number of carbonyl (C=O) groups excluding carboxylic acids is 1. The lowest BCUT2D eigenvalue weighted by atomic mass is 10.2. The number of rotatable bonds is 10. The number of carbonyl (C=O) groups is 1. The summed E-state index contributed by atoms with van der Waals surface area (Å²) in [4.78, 5) is 11.6. The third kappa shape index (κ3) is 6.92. The molecule has 0 spiro atoms. The number of benzene rings is 2. The number of nitrogens with zero attached hydrogens (tertiary/aromatic N) is 1. The summed E-state index contributed by atoms with van der Waals surface area (Å²) in [5.41, 5.74) is 1.41. The van der Waals surface area contributed by atoms with Crippen LogP contribution in [0.2, 0.25) is 0 Å². The molecule has 0 radical (unpaired) electrons. The van der Waals surface area contributed by atoms with Crippen LogP contribution in [0.5, 0.6) is 5.75 Å². The van der Waals surface area contributed by atoms with Crippen LogP contribution in [0.3, 0.4) is 0 Å². The van der Waals surface area contributed by atoms with E-state index in [0.29, 0.717) is 24.6 Å². The maximum atomic E-state index is 12.2. The van der Waals surface area contributed by atoms with Gasteiger partial charge < -0.3 is 14.8 Å². The van der Waals surface area contributed by atoms with Gasteiger partial charge in [-0.1, -0.05) is 30.3 Å². The van der Waals surface area contributed by atoms with Gasteiger partial charge in [0.2, 0.25) is 10.0 Å². The van der Waals surface area contributed by atoms with Crippen molar-refractivity contribution >= 4 is 21.6 Å². The number of nitrogens with one attached hydrogen (secondary N) is 1. The van der Waals surface area contributed by atoms with E-state index in [1.807, 2.05) is 30.3 Å². The summed E-state index contributed by atoms with van der Waals surface area (Å²) in [6.07, 6.45) is 1.17. The Morgan fingerprint density at radius 1 is 1.07 bits per heavy atom. The fourth-order valence-electron chi connectivity index (χ4n) is 2.35. The van der Waals surface area contributed by atoms with Crippen molar-refractivity contribution in [3.8, 4) is 5.75 Å². The molecule has 0 atom stereocenters. The molecule has 1 N–H and O–H groups in total. The number of hydrogen-bond donors (Lipinski definition) is 1. The number of amides is 1. The second-order valence-electron chi connectivity index (χ2n) is 5.88. The van der Waals surface area contributed by atoms with E-state index >= 15 is 0 Å². The van der Waals surface area contributed by atoms with Gasteiger partial charge in [-0.2, -0.15) is 0 Å². The zero-order valence-electron chi connectivity index (χ0n) is 15.4. The molecule has 0 heterocycles. The molecule has 0 aliphatic carbocycles. The topological polar surface area (TPSA) is 84.9 Å². The fraction of sp³-hybridized carbons (Fsp3) is 0.316. The van der Waals surface area contributed by atoms with Crippen LogP contribution in [0.15, 0.2) is 54.6 Å². The molecule has 0 aliphatic heterocycles. The predicted molar refractivity (Wildman–Crippen MR) is 104 cm³/mol. The Morgan fingerprint density at radius 3 is 2.33 bits per heavy atom. The maximum absolute atomic E-state index is 12.2. The Hall–Kier alpha value is -2.58. The molecule has 2 rings (SSSR count). The smallest absolute Gasteiger partial charge is 0.258 e. The van der Waals surface area contributed by atoms with Gasteiger partial charge in [-0.15, -0.1) is 0 Å². The van der Waals surface area contributed by atoms with Crippen LogP contribution in [0.1, 0.15) is 5.56 Å². The van der Waals surface area contributed by atoms with E-state index in [4.69, 9.17) is 9.47 Å². The first-order valence-corrected chi connectivity index (χ1v) is 10.2. The van der Waals surface area contributed by atoms with Crippen molar-refractivity contribution in [3.63, 3.8) is 0 Å². The lowest BCUT2D eigenvalue weighted by molar-refractivity contribution is -0.123. The molecule has 1 amide bonds. The monoisotopic (exact) mass is 392 g/mol. The Labute approximate surface area is 160 Å². The quantitative estimate of drug-likeness (QED) is 0.623. The molecule has 0 bridgehead atoms. The Bertz CT molecular complexity index is 823. The number of sulfonamides is 1. The van der Waals surface area contributed by atoms with Gasteiger partial charge in [-0.25, -0.2) is 8.42 Å². The van der Waals surface area contributed by atoms with Crippen LogP contribution in [0.4, 0.5) is 5.69 Å². The molecule has 0 fully saturated rings. The normalized spacial score (nSPS) is 11.0. The molecule has 0 aromatic heterocycles. The minimum Gasteiger partial charge on any atom is -0.484 e. The van der Waals surface area contributed by atoms with E-state index in [1.54, 1.807) is 31.4 Å². The first-order chi connectivity index (χ1) is 12.9. The van der Waals surface area contributed by atoms with Crippen molar-refractivity contribution in [3.05, 3.63) is 60.2 Å². The summed E-state index contributed by atoms with van der Waals surface area (Å²) in [6.45, 7) is 0.967. The SMILES string of the molecule is COCCNC(=O)COc1ccc(N(Cc2ccccc2)S(C)(=O)=O)cc1. The molecule has 2 aromatic rings. The van der Waals surface area contributed by atoms with Crippen LogP contribution in [0.25, 0.3) is 0 Å². The van der Waals surface area contributed by atoms with Crippen LogP contribution in [0, 0.1) is 0 Å². The van der Waals surface area contributed by atoms with Crippen molar-refractivity contribution < 1.29 is 22.7 Å². The van der Waals surface area contributed by atoms with Crippen molar-refractivity contribution in [2.45, 2.75) is 6.54 Å². The summed E-state index contributed by atoms with van der Waals surface area (Å²) >= 11 is 0. The lowest BCUT2D eigenvalue weighted by Crippen LogP contribution is -2.31. The zero-order valence-corrected chi connectivity index (χ0v) is 16.2. The van der Waals surface area contributed by atoms with Crippen molar-refractivity contribution in [2.24, 2.45) is 0 Å². The Balaban J connectivity index is 2.01. The third-order valence-corrected chi connectivity index (χ3v) is 4.83. The van der Waals surface area contributed by atoms with Gasteiger partial charge in [0.05, 0.1) is 25.1 Å². The van der Waals surface area contributed by atoms with Crippen LogP contribution in [-0.2, 0) is 26.1 Å². The second kappa shape index (κ2) is 9.94. The van der Waals surface area contributed by atoms with E-state index in [-0.39, 0.29) is 19.1 Å². The van der Waals surface area contributed by atoms with Gasteiger partial charge in [0.1, 0.15) is 5.75 Å². The molecule has 0 aliphatic rings. The zero-order chi connectivity index (χ0) is 19.7. The average Bonchev–Trinajstić information content (AvgIpc) is 2.65. The van der Waals surface area contributed by atoms with Gasteiger partial charge in [0.25, 0.3) is 5.91 Å². The summed E-state index contributed by atoms with van der Waals surface area (Å²) in [6, 6.07) is 15.9. The summed E-state index contributed by atoms with van der Waals surface area (Å²) in [7, 11) is -1.89.